The summed E-state index contributed by atoms with van der Waals surface area (Å²) in [5.74, 6) is 0.784. The Kier molecular flexibility index (Phi) is 4.04. The van der Waals surface area contributed by atoms with E-state index >= 15 is 0 Å². The highest BCUT2D eigenvalue weighted by molar-refractivity contribution is 5.92. The van der Waals surface area contributed by atoms with Crippen LogP contribution in [0, 0.1) is 5.82 Å². The largest absolute Gasteiger partial charge is 0.356 e. The molecule has 0 saturated carbocycles. The van der Waals surface area contributed by atoms with E-state index in [-0.39, 0.29) is 11.7 Å². The molecule has 1 aliphatic heterocycles. The molecule has 1 amide bonds. The zero-order valence-corrected chi connectivity index (χ0v) is 12.4. The Bertz CT molecular complexity index is 672. The van der Waals surface area contributed by atoms with Crippen LogP contribution in [0.4, 0.5) is 10.2 Å². The Morgan fingerprint density at radius 1 is 1.27 bits per heavy atom. The fraction of sp³-hybridized carbons (Fsp3) is 0.294. The third-order valence-electron chi connectivity index (χ3n) is 4.05. The lowest BCUT2D eigenvalue weighted by Gasteiger charge is -2.18. The first kappa shape index (κ1) is 14.5. The summed E-state index contributed by atoms with van der Waals surface area (Å²) in [5, 5.41) is 2.58. The van der Waals surface area contributed by atoms with Crippen molar-refractivity contribution in [3.63, 3.8) is 0 Å². The zero-order valence-electron chi connectivity index (χ0n) is 12.4. The van der Waals surface area contributed by atoms with E-state index in [2.05, 4.69) is 15.2 Å². The number of amides is 1. The van der Waals surface area contributed by atoms with Crippen molar-refractivity contribution >= 4 is 11.7 Å². The van der Waals surface area contributed by atoms with Crippen LogP contribution in [0.1, 0.15) is 28.4 Å². The summed E-state index contributed by atoms with van der Waals surface area (Å²) < 4.78 is 13.0. The first-order chi connectivity index (χ1) is 10.7. The second-order valence-corrected chi connectivity index (χ2v) is 5.44. The topological polar surface area (TPSA) is 45.2 Å². The predicted molar refractivity (Wildman–Crippen MR) is 83.6 cm³/mol. The van der Waals surface area contributed by atoms with Gasteiger partial charge in [-0.2, -0.15) is 0 Å². The van der Waals surface area contributed by atoms with Crippen LogP contribution in [0.25, 0.3) is 0 Å². The molecule has 1 unspecified atom stereocenters. The fourth-order valence-corrected chi connectivity index (χ4v) is 2.83. The molecule has 1 fully saturated rings. The number of benzene rings is 1. The van der Waals surface area contributed by atoms with Crippen molar-refractivity contribution in [3.05, 3.63) is 59.5 Å². The highest BCUT2D eigenvalue weighted by Crippen LogP contribution is 2.30. The van der Waals surface area contributed by atoms with Crippen molar-refractivity contribution < 1.29 is 9.18 Å². The molecule has 1 aliphatic rings. The van der Waals surface area contributed by atoms with Gasteiger partial charge in [-0.1, -0.05) is 18.2 Å². The SMILES string of the molecule is CNC(=O)c1cccc(N2CCC(c3ccc(F)cc3)C2)n1. The van der Waals surface area contributed by atoms with Crippen LogP contribution in [0.15, 0.2) is 42.5 Å². The van der Waals surface area contributed by atoms with Crippen LogP contribution in [0.2, 0.25) is 0 Å². The highest BCUT2D eigenvalue weighted by atomic mass is 19.1. The summed E-state index contributed by atoms with van der Waals surface area (Å²) in [6.45, 7) is 1.71. The normalized spacial score (nSPS) is 17.5. The number of anilines is 1. The van der Waals surface area contributed by atoms with Gasteiger partial charge in [0, 0.05) is 26.1 Å². The van der Waals surface area contributed by atoms with Crippen molar-refractivity contribution in [2.24, 2.45) is 0 Å². The molecule has 2 heterocycles. The number of nitrogens with one attached hydrogen (secondary N) is 1. The molecule has 0 radical (unpaired) electrons. The average molecular weight is 299 g/mol. The predicted octanol–water partition coefficient (Wildman–Crippen LogP) is 2.57. The molecule has 0 spiro atoms. The third kappa shape index (κ3) is 2.93. The highest BCUT2D eigenvalue weighted by Gasteiger charge is 2.25. The van der Waals surface area contributed by atoms with Gasteiger partial charge in [-0.05, 0) is 36.2 Å². The van der Waals surface area contributed by atoms with Gasteiger partial charge in [0.1, 0.15) is 17.3 Å². The van der Waals surface area contributed by atoms with E-state index in [1.807, 2.05) is 24.3 Å². The molecule has 1 N–H and O–H groups in total. The van der Waals surface area contributed by atoms with Gasteiger partial charge in [-0.25, -0.2) is 9.37 Å². The van der Waals surface area contributed by atoms with E-state index in [9.17, 15) is 9.18 Å². The molecule has 2 aromatic rings. The lowest BCUT2D eigenvalue weighted by molar-refractivity contribution is 0.0958. The summed E-state index contributed by atoms with van der Waals surface area (Å²) >= 11 is 0. The number of halogens is 1. The molecule has 114 valence electrons. The number of nitrogens with zero attached hydrogens (tertiary/aromatic N) is 2. The van der Waals surface area contributed by atoms with Gasteiger partial charge in [0.2, 0.25) is 0 Å². The summed E-state index contributed by atoms with van der Waals surface area (Å²) in [4.78, 5) is 18.3. The first-order valence-corrected chi connectivity index (χ1v) is 7.37. The van der Waals surface area contributed by atoms with Gasteiger partial charge < -0.3 is 10.2 Å². The Hall–Kier alpha value is -2.43. The maximum atomic E-state index is 13.0. The number of aromatic nitrogens is 1. The van der Waals surface area contributed by atoms with E-state index in [4.69, 9.17) is 0 Å². The van der Waals surface area contributed by atoms with Crippen molar-refractivity contribution in [2.75, 3.05) is 25.0 Å². The van der Waals surface area contributed by atoms with Gasteiger partial charge in [0.15, 0.2) is 0 Å². The van der Waals surface area contributed by atoms with Crippen molar-refractivity contribution in [2.45, 2.75) is 12.3 Å². The second-order valence-electron chi connectivity index (χ2n) is 5.44. The molecule has 0 bridgehead atoms. The summed E-state index contributed by atoms with van der Waals surface area (Å²) in [5.41, 5.74) is 1.57. The molecule has 1 aromatic carbocycles. The molecule has 1 saturated heterocycles. The summed E-state index contributed by atoms with van der Waals surface area (Å²) in [6.07, 6.45) is 0.998. The van der Waals surface area contributed by atoms with Crippen LogP contribution in [0.5, 0.6) is 0 Å². The smallest absolute Gasteiger partial charge is 0.269 e. The maximum Gasteiger partial charge on any atom is 0.269 e. The van der Waals surface area contributed by atoms with E-state index in [1.165, 1.54) is 12.1 Å². The number of hydrogen-bond acceptors (Lipinski definition) is 3. The van der Waals surface area contributed by atoms with Crippen LogP contribution in [-0.4, -0.2) is 31.0 Å². The molecule has 0 aliphatic carbocycles. The van der Waals surface area contributed by atoms with Crippen LogP contribution < -0.4 is 10.2 Å². The number of hydrogen-bond donors (Lipinski definition) is 1. The standard InChI is InChI=1S/C17H18FN3O/c1-19-17(22)15-3-2-4-16(20-15)21-10-9-13(11-21)12-5-7-14(18)8-6-12/h2-8,13H,9-11H2,1H3,(H,19,22). The number of carbonyl (C=O) groups is 1. The average Bonchev–Trinajstić information content (AvgIpc) is 3.05. The Morgan fingerprint density at radius 3 is 2.77 bits per heavy atom. The maximum absolute atomic E-state index is 13.0. The Morgan fingerprint density at radius 2 is 2.05 bits per heavy atom. The van der Waals surface area contributed by atoms with E-state index in [0.717, 1.165) is 30.9 Å². The first-order valence-electron chi connectivity index (χ1n) is 7.37. The van der Waals surface area contributed by atoms with Gasteiger partial charge in [-0.15, -0.1) is 0 Å². The molecule has 4 nitrogen and oxygen atoms in total. The van der Waals surface area contributed by atoms with Gasteiger partial charge in [-0.3, -0.25) is 4.79 Å². The van der Waals surface area contributed by atoms with E-state index in [0.29, 0.717) is 11.6 Å². The van der Waals surface area contributed by atoms with Gasteiger partial charge >= 0.3 is 0 Å². The zero-order chi connectivity index (χ0) is 15.5. The lowest BCUT2D eigenvalue weighted by Crippen LogP contribution is -2.23. The number of pyridine rings is 1. The minimum absolute atomic E-state index is 0.184. The fourth-order valence-electron chi connectivity index (χ4n) is 2.83. The molecule has 5 heteroatoms. The minimum Gasteiger partial charge on any atom is -0.356 e. The molecular formula is C17H18FN3O. The van der Waals surface area contributed by atoms with E-state index in [1.54, 1.807) is 13.1 Å². The third-order valence-corrected chi connectivity index (χ3v) is 4.05. The minimum atomic E-state index is -0.210. The number of carbonyl (C=O) groups excluding carboxylic acids is 1. The van der Waals surface area contributed by atoms with Crippen LogP contribution >= 0.6 is 0 Å². The van der Waals surface area contributed by atoms with Crippen LogP contribution in [0.3, 0.4) is 0 Å². The second kappa shape index (κ2) is 6.13. The van der Waals surface area contributed by atoms with Crippen molar-refractivity contribution in [1.82, 2.24) is 10.3 Å². The van der Waals surface area contributed by atoms with E-state index < -0.39 is 0 Å². The molecule has 1 atom stereocenters. The van der Waals surface area contributed by atoms with Gasteiger partial charge in [0.25, 0.3) is 5.91 Å². The Labute approximate surface area is 129 Å². The summed E-state index contributed by atoms with van der Waals surface area (Å²) in [6, 6.07) is 12.2. The molecular weight excluding hydrogens is 281 g/mol. The summed E-state index contributed by atoms with van der Waals surface area (Å²) in [7, 11) is 1.59. The lowest BCUT2D eigenvalue weighted by atomic mass is 9.99. The molecule has 1 aromatic heterocycles. The quantitative estimate of drug-likeness (QED) is 0.947. The van der Waals surface area contributed by atoms with Crippen LogP contribution in [-0.2, 0) is 0 Å². The number of rotatable bonds is 3. The van der Waals surface area contributed by atoms with Gasteiger partial charge in [0.05, 0.1) is 0 Å². The molecule has 3 rings (SSSR count). The molecule has 22 heavy (non-hydrogen) atoms. The monoisotopic (exact) mass is 299 g/mol. The van der Waals surface area contributed by atoms with Crippen molar-refractivity contribution in [1.29, 1.82) is 0 Å². The van der Waals surface area contributed by atoms with Crippen molar-refractivity contribution in [3.8, 4) is 0 Å². The Balaban J connectivity index is 1.75.